The molecule has 19 nitrogen and oxygen atoms in total. The zero-order valence-electron chi connectivity index (χ0n) is 30.2. The zero-order valence-corrected chi connectivity index (χ0v) is 30.2. The summed E-state index contributed by atoms with van der Waals surface area (Å²) in [6, 6.07) is -1.17. The van der Waals surface area contributed by atoms with Gasteiger partial charge in [0.2, 0.25) is 35.4 Å². The van der Waals surface area contributed by atoms with E-state index in [0.717, 1.165) is 19.3 Å². The molecule has 12 N–H and O–H groups in total. The average Bonchev–Trinajstić information content (AvgIpc) is 3.09. The quantitative estimate of drug-likeness (QED) is 0.0235. The number of ether oxygens (including phenoxy) is 4. The molecule has 0 aliphatic carbocycles. The van der Waals surface area contributed by atoms with Crippen LogP contribution in [-0.2, 0) is 47.7 Å². The van der Waals surface area contributed by atoms with Crippen LogP contribution in [0, 0.1) is 0 Å². The minimum atomic E-state index is -0.660. The van der Waals surface area contributed by atoms with Crippen LogP contribution in [0.15, 0.2) is 0 Å². The van der Waals surface area contributed by atoms with E-state index in [2.05, 4.69) is 38.8 Å². The van der Waals surface area contributed by atoms with Crippen LogP contribution in [0.1, 0.15) is 71.1 Å². The van der Waals surface area contributed by atoms with Gasteiger partial charge in [-0.25, -0.2) is 0 Å². The van der Waals surface area contributed by atoms with Crippen molar-refractivity contribution in [3.8, 4) is 0 Å². The molecule has 51 heavy (non-hydrogen) atoms. The van der Waals surface area contributed by atoms with Crippen LogP contribution in [0.25, 0.3) is 0 Å². The first kappa shape index (κ1) is 47.5. The molecule has 296 valence electrons. The maximum Gasteiger partial charge on any atom is 0.246 e. The molecule has 6 amide bonds. The summed E-state index contributed by atoms with van der Waals surface area (Å²) in [5.74, 6) is -1.85. The molecule has 0 saturated carbocycles. The normalized spacial score (nSPS) is 12.1. The van der Waals surface area contributed by atoms with Crippen molar-refractivity contribution in [2.24, 2.45) is 17.2 Å². The Morgan fingerprint density at radius 1 is 0.549 bits per heavy atom. The second-order valence-electron chi connectivity index (χ2n) is 11.5. The fourth-order valence-electron chi connectivity index (χ4n) is 4.44. The summed E-state index contributed by atoms with van der Waals surface area (Å²) < 4.78 is 21.0. The molecule has 0 unspecified atom stereocenters. The number of hydrogen-bond donors (Lipinski definition) is 9. The third-order valence-electron chi connectivity index (χ3n) is 7.13. The highest BCUT2D eigenvalue weighted by molar-refractivity contribution is 5.87. The van der Waals surface area contributed by atoms with Crippen molar-refractivity contribution < 1.29 is 47.7 Å². The molecule has 0 saturated heterocycles. The molecule has 0 aromatic heterocycles. The number of primary amides is 1. The molecule has 0 aromatic rings. The Morgan fingerprint density at radius 2 is 1.10 bits per heavy atom. The molecule has 0 aliphatic rings. The second-order valence-corrected chi connectivity index (χ2v) is 11.5. The number of rotatable bonds is 35. The summed E-state index contributed by atoms with van der Waals surface area (Å²) in [5.41, 5.74) is 15.9. The molecule has 0 rings (SSSR count). The van der Waals surface area contributed by atoms with Crippen LogP contribution >= 0.6 is 0 Å². The van der Waals surface area contributed by atoms with Crippen molar-refractivity contribution in [3.63, 3.8) is 0 Å². The van der Waals surface area contributed by atoms with E-state index < -0.39 is 18.0 Å². The van der Waals surface area contributed by atoms with Gasteiger partial charge in [-0.15, -0.1) is 0 Å². The summed E-state index contributed by atoms with van der Waals surface area (Å²) in [7, 11) is 0. The van der Waals surface area contributed by atoms with E-state index in [-0.39, 0.29) is 115 Å². The summed E-state index contributed by atoms with van der Waals surface area (Å²) >= 11 is 0. The van der Waals surface area contributed by atoms with Gasteiger partial charge in [0, 0.05) is 39.1 Å². The van der Waals surface area contributed by atoms with Crippen molar-refractivity contribution >= 4 is 35.4 Å². The van der Waals surface area contributed by atoms with Gasteiger partial charge in [0.05, 0.1) is 52.4 Å². The molecular weight excluding hydrogens is 670 g/mol. The minimum Gasteiger partial charge on any atom is -0.377 e. The molecule has 0 spiro atoms. The van der Waals surface area contributed by atoms with Crippen molar-refractivity contribution in [2.45, 2.75) is 83.2 Å². The summed E-state index contributed by atoms with van der Waals surface area (Å²) in [6.45, 7) is 4.49. The van der Waals surface area contributed by atoms with Crippen molar-refractivity contribution in [1.29, 1.82) is 0 Å². The lowest BCUT2D eigenvalue weighted by atomic mass is 10.1. The molecule has 0 heterocycles. The van der Waals surface area contributed by atoms with Crippen LogP contribution in [-0.4, -0.2) is 133 Å². The van der Waals surface area contributed by atoms with Crippen LogP contribution in [0.5, 0.6) is 0 Å². The Kier molecular flexibility index (Phi) is 31.4. The van der Waals surface area contributed by atoms with Gasteiger partial charge < -0.3 is 62.7 Å². The predicted octanol–water partition coefficient (Wildman–Crippen LogP) is -2.80. The van der Waals surface area contributed by atoms with Gasteiger partial charge >= 0.3 is 0 Å². The van der Waals surface area contributed by atoms with E-state index in [0.29, 0.717) is 45.2 Å². The SMILES string of the molecule is CCCCC[C@H](NC(=O)CCCC(=O)NCCOCCOCC(=O)NCCOCCOCC(=O)NCN)C(=O)NCCCC[C@H](NCN)C(N)=O. The number of unbranched alkanes of at least 4 members (excludes halogenated alkanes) is 3. The molecule has 0 aliphatic heterocycles. The van der Waals surface area contributed by atoms with E-state index in [4.69, 9.17) is 36.1 Å². The van der Waals surface area contributed by atoms with E-state index >= 15 is 0 Å². The molecular formula is C32H63N9O10. The number of hydrogen-bond acceptors (Lipinski definition) is 13. The lowest BCUT2D eigenvalue weighted by Crippen LogP contribution is -2.47. The summed E-state index contributed by atoms with van der Waals surface area (Å²) in [6.07, 6.45) is 5.62. The van der Waals surface area contributed by atoms with Gasteiger partial charge in [0.25, 0.3) is 0 Å². The van der Waals surface area contributed by atoms with Crippen molar-refractivity contribution in [1.82, 2.24) is 31.9 Å². The summed E-state index contributed by atoms with van der Waals surface area (Å²) in [4.78, 5) is 71.8. The average molecular weight is 734 g/mol. The monoisotopic (exact) mass is 733 g/mol. The predicted molar refractivity (Wildman–Crippen MR) is 188 cm³/mol. The molecule has 0 aromatic carbocycles. The van der Waals surface area contributed by atoms with Crippen LogP contribution in [0.4, 0.5) is 0 Å². The van der Waals surface area contributed by atoms with Gasteiger partial charge in [0.1, 0.15) is 19.3 Å². The lowest BCUT2D eigenvalue weighted by molar-refractivity contribution is -0.129. The highest BCUT2D eigenvalue weighted by atomic mass is 16.5. The minimum absolute atomic E-state index is 0.0513. The lowest BCUT2D eigenvalue weighted by Gasteiger charge is -2.19. The fourth-order valence-corrected chi connectivity index (χ4v) is 4.44. The third kappa shape index (κ3) is 29.9. The third-order valence-corrected chi connectivity index (χ3v) is 7.13. The van der Waals surface area contributed by atoms with Gasteiger partial charge in [0.15, 0.2) is 0 Å². The van der Waals surface area contributed by atoms with Crippen LogP contribution in [0.2, 0.25) is 0 Å². The highest BCUT2D eigenvalue weighted by Crippen LogP contribution is 2.06. The maximum atomic E-state index is 12.8. The smallest absolute Gasteiger partial charge is 0.246 e. The van der Waals surface area contributed by atoms with Gasteiger partial charge in [-0.2, -0.15) is 0 Å². The second kappa shape index (κ2) is 33.7. The highest BCUT2D eigenvalue weighted by Gasteiger charge is 2.20. The largest absolute Gasteiger partial charge is 0.377 e. The molecule has 0 bridgehead atoms. The van der Waals surface area contributed by atoms with E-state index in [1.807, 2.05) is 0 Å². The summed E-state index contributed by atoms with van der Waals surface area (Å²) in [5, 5.41) is 16.3. The number of amides is 6. The van der Waals surface area contributed by atoms with E-state index in [9.17, 15) is 28.8 Å². The van der Waals surface area contributed by atoms with Crippen molar-refractivity contribution in [2.75, 3.05) is 85.8 Å². The Morgan fingerprint density at radius 3 is 1.69 bits per heavy atom. The first-order chi connectivity index (χ1) is 24.6. The van der Waals surface area contributed by atoms with Crippen molar-refractivity contribution in [3.05, 3.63) is 0 Å². The van der Waals surface area contributed by atoms with Gasteiger partial charge in [-0.05, 0) is 32.1 Å². The van der Waals surface area contributed by atoms with E-state index in [1.54, 1.807) is 0 Å². The first-order valence-corrected chi connectivity index (χ1v) is 17.7. The van der Waals surface area contributed by atoms with Crippen LogP contribution < -0.4 is 49.1 Å². The van der Waals surface area contributed by atoms with E-state index in [1.165, 1.54) is 0 Å². The Balaban J connectivity index is 3.96. The number of carbonyl (C=O) groups is 6. The maximum absolute atomic E-state index is 12.8. The number of carbonyl (C=O) groups excluding carboxylic acids is 6. The number of nitrogens with one attached hydrogen (secondary N) is 6. The zero-order chi connectivity index (χ0) is 38.0. The molecule has 19 heteroatoms. The first-order valence-electron chi connectivity index (χ1n) is 17.7. The molecule has 0 radical (unpaired) electrons. The topological polar surface area (TPSA) is 290 Å². The van der Waals surface area contributed by atoms with Crippen LogP contribution in [0.3, 0.4) is 0 Å². The van der Waals surface area contributed by atoms with Gasteiger partial charge in [-0.3, -0.25) is 34.1 Å². The Bertz CT molecular complexity index is 978. The molecule has 2 atom stereocenters. The molecule has 0 fully saturated rings. The van der Waals surface area contributed by atoms with Gasteiger partial charge in [-0.1, -0.05) is 26.2 Å². The Labute approximate surface area is 301 Å². The fraction of sp³-hybridized carbons (Fsp3) is 0.812. The number of nitrogens with two attached hydrogens (primary N) is 3. The Hall–Kier alpha value is -3.46. The standard InChI is InChI=1S/C32H63N9O10/c1-2-3-4-9-26(32(47)38-12-6-5-8-25(31(35)46)39-23-33)41-28(43)11-7-10-27(42)36-13-15-48-17-19-50-21-29(44)37-14-16-49-18-20-51-22-30(45)40-24-34/h25-26,39H,2-24,33-34H2,1H3,(H2,35,46)(H,36,42)(H,37,44)(H,38,47)(H,40,45)(H,41,43)/t25-,26-/m0/s1.